The van der Waals surface area contributed by atoms with Crippen molar-refractivity contribution in [3.63, 3.8) is 0 Å². The molecule has 116 valence electrons. The Kier molecular flexibility index (Phi) is 4.48. The van der Waals surface area contributed by atoms with Gasteiger partial charge in [0.25, 0.3) is 0 Å². The lowest BCUT2D eigenvalue weighted by atomic mass is 9.91. The van der Waals surface area contributed by atoms with Gasteiger partial charge in [-0.3, -0.25) is 0 Å². The molecule has 0 radical (unpaired) electrons. The van der Waals surface area contributed by atoms with Crippen LogP contribution in [0, 0.1) is 0 Å². The van der Waals surface area contributed by atoms with E-state index in [1.54, 1.807) is 0 Å². The quantitative estimate of drug-likeness (QED) is 0.927. The number of hydrogen-bond donors (Lipinski definition) is 1. The molecule has 21 heavy (non-hydrogen) atoms. The van der Waals surface area contributed by atoms with Gasteiger partial charge in [-0.25, -0.2) is 0 Å². The van der Waals surface area contributed by atoms with Crippen LogP contribution in [-0.4, -0.2) is 31.5 Å². The van der Waals surface area contributed by atoms with Crippen molar-refractivity contribution in [3.05, 3.63) is 29.8 Å². The maximum absolute atomic E-state index is 6.13. The van der Waals surface area contributed by atoms with E-state index in [0.717, 1.165) is 50.2 Å². The predicted molar refractivity (Wildman–Crippen MR) is 81.4 cm³/mol. The fourth-order valence-corrected chi connectivity index (χ4v) is 3.17. The number of ether oxygens (including phenoxy) is 3. The lowest BCUT2D eigenvalue weighted by molar-refractivity contribution is -0.112. The number of benzene rings is 1. The molecule has 1 spiro atoms. The third-order valence-electron chi connectivity index (χ3n) is 4.57. The fourth-order valence-electron chi connectivity index (χ4n) is 3.17. The van der Waals surface area contributed by atoms with Crippen molar-refractivity contribution in [2.24, 2.45) is 5.73 Å². The summed E-state index contributed by atoms with van der Waals surface area (Å²) in [5.74, 6) is 0.919. The van der Waals surface area contributed by atoms with Crippen molar-refractivity contribution >= 4 is 0 Å². The summed E-state index contributed by atoms with van der Waals surface area (Å²) in [5, 5.41) is 0. The zero-order chi connectivity index (χ0) is 14.7. The molecule has 2 fully saturated rings. The van der Waals surface area contributed by atoms with E-state index in [9.17, 15) is 0 Å². The summed E-state index contributed by atoms with van der Waals surface area (Å²) in [5.41, 5.74) is 7.10. The third-order valence-corrected chi connectivity index (χ3v) is 4.57. The van der Waals surface area contributed by atoms with Crippen LogP contribution in [-0.2, 0) is 9.47 Å². The average Bonchev–Trinajstić information content (AvgIpc) is 2.95. The van der Waals surface area contributed by atoms with Gasteiger partial charge in [0.05, 0.1) is 18.8 Å². The summed E-state index contributed by atoms with van der Waals surface area (Å²) in [7, 11) is 0. The molecule has 3 rings (SSSR count). The van der Waals surface area contributed by atoms with Crippen LogP contribution in [0.1, 0.15) is 44.2 Å². The third kappa shape index (κ3) is 3.39. The molecule has 3 atom stereocenters. The number of rotatable bonds is 4. The molecular formula is C17H25NO3. The summed E-state index contributed by atoms with van der Waals surface area (Å²) >= 11 is 0. The summed E-state index contributed by atoms with van der Waals surface area (Å²) < 4.78 is 17.6. The van der Waals surface area contributed by atoms with E-state index >= 15 is 0 Å². The van der Waals surface area contributed by atoms with Gasteiger partial charge in [0.1, 0.15) is 11.9 Å². The van der Waals surface area contributed by atoms with Gasteiger partial charge in [0.2, 0.25) is 0 Å². The van der Waals surface area contributed by atoms with Crippen LogP contribution in [0.4, 0.5) is 0 Å². The molecule has 2 heterocycles. The minimum absolute atomic E-state index is 0.104. The molecule has 0 saturated carbocycles. The monoisotopic (exact) mass is 291 g/mol. The van der Waals surface area contributed by atoms with E-state index < -0.39 is 0 Å². The highest BCUT2D eigenvalue weighted by Gasteiger charge is 2.41. The molecular weight excluding hydrogens is 266 g/mol. The van der Waals surface area contributed by atoms with Gasteiger partial charge in [-0.05, 0) is 24.1 Å². The smallest absolute Gasteiger partial charge is 0.119 e. The Bertz CT molecular complexity index is 454. The number of nitrogens with two attached hydrogens (primary N) is 1. The second-order valence-electron chi connectivity index (χ2n) is 6.15. The second-order valence-corrected chi connectivity index (χ2v) is 6.15. The van der Waals surface area contributed by atoms with Gasteiger partial charge >= 0.3 is 0 Å². The highest BCUT2D eigenvalue weighted by atomic mass is 16.6. The van der Waals surface area contributed by atoms with Crippen LogP contribution in [0.25, 0.3) is 0 Å². The Morgan fingerprint density at radius 3 is 2.81 bits per heavy atom. The minimum atomic E-state index is -0.104. The van der Waals surface area contributed by atoms with Gasteiger partial charge in [0.15, 0.2) is 0 Å². The van der Waals surface area contributed by atoms with Crippen molar-refractivity contribution in [1.82, 2.24) is 0 Å². The average molecular weight is 291 g/mol. The first-order valence-electron chi connectivity index (χ1n) is 7.95. The highest BCUT2D eigenvalue weighted by molar-refractivity contribution is 5.29. The van der Waals surface area contributed by atoms with E-state index in [1.807, 2.05) is 12.1 Å². The molecule has 2 aliphatic heterocycles. The van der Waals surface area contributed by atoms with Crippen molar-refractivity contribution in [2.75, 3.05) is 19.8 Å². The molecule has 4 heteroatoms. The van der Waals surface area contributed by atoms with Crippen LogP contribution in [0.15, 0.2) is 24.3 Å². The van der Waals surface area contributed by atoms with E-state index in [1.165, 1.54) is 0 Å². The molecule has 1 aromatic carbocycles. The molecule has 2 N–H and O–H groups in total. The van der Waals surface area contributed by atoms with Gasteiger partial charge in [-0.1, -0.05) is 19.1 Å². The van der Waals surface area contributed by atoms with Crippen molar-refractivity contribution < 1.29 is 14.2 Å². The van der Waals surface area contributed by atoms with Gasteiger partial charge in [-0.2, -0.15) is 0 Å². The van der Waals surface area contributed by atoms with Crippen LogP contribution in [0.3, 0.4) is 0 Å². The summed E-state index contributed by atoms with van der Waals surface area (Å²) in [6, 6.07) is 8.30. The lowest BCUT2D eigenvalue weighted by Gasteiger charge is -2.37. The Morgan fingerprint density at radius 2 is 2.14 bits per heavy atom. The summed E-state index contributed by atoms with van der Waals surface area (Å²) in [4.78, 5) is 0. The van der Waals surface area contributed by atoms with Gasteiger partial charge < -0.3 is 19.9 Å². The van der Waals surface area contributed by atoms with E-state index in [4.69, 9.17) is 19.9 Å². The molecule has 2 unspecified atom stereocenters. The standard InChI is InChI=1S/C17H25NO3/c1-2-16(18)13-3-5-14(6-4-13)21-15-7-9-20-17(11-15)8-10-19-12-17/h3-6,15-16H,2,7-12,18H2,1H3/t15?,16-,17?/m1/s1. The SMILES string of the molecule is CC[C@@H](N)c1ccc(OC2CCOC3(CCOC3)C2)cc1. The molecule has 0 aromatic heterocycles. The topological polar surface area (TPSA) is 53.7 Å². The minimum Gasteiger partial charge on any atom is -0.490 e. The first kappa shape index (κ1) is 14.8. The Morgan fingerprint density at radius 1 is 1.33 bits per heavy atom. The molecule has 1 aromatic rings. The van der Waals surface area contributed by atoms with E-state index in [-0.39, 0.29) is 17.7 Å². The van der Waals surface area contributed by atoms with Gasteiger partial charge in [-0.15, -0.1) is 0 Å². The maximum Gasteiger partial charge on any atom is 0.119 e. The Hall–Kier alpha value is -1.10. The Labute approximate surface area is 126 Å². The molecule has 0 bridgehead atoms. The van der Waals surface area contributed by atoms with Crippen LogP contribution in [0.5, 0.6) is 5.75 Å². The normalized spacial score (nSPS) is 30.5. The molecule has 0 aliphatic carbocycles. The maximum atomic E-state index is 6.13. The van der Waals surface area contributed by atoms with Crippen LogP contribution < -0.4 is 10.5 Å². The first-order valence-corrected chi connectivity index (χ1v) is 7.95. The highest BCUT2D eigenvalue weighted by Crippen LogP contribution is 2.34. The van der Waals surface area contributed by atoms with Gasteiger partial charge in [0, 0.05) is 31.9 Å². The first-order chi connectivity index (χ1) is 10.2. The zero-order valence-electron chi connectivity index (χ0n) is 12.7. The lowest BCUT2D eigenvalue weighted by Crippen LogP contribution is -2.44. The molecule has 4 nitrogen and oxygen atoms in total. The fraction of sp³-hybridized carbons (Fsp3) is 0.647. The second kappa shape index (κ2) is 6.34. The predicted octanol–water partition coefficient (Wildman–Crippen LogP) is 2.81. The van der Waals surface area contributed by atoms with Crippen LogP contribution in [0.2, 0.25) is 0 Å². The largest absolute Gasteiger partial charge is 0.490 e. The van der Waals surface area contributed by atoms with E-state index in [0.29, 0.717) is 6.61 Å². The van der Waals surface area contributed by atoms with Crippen molar-refractivity contribution in [2.45, 2.75) is 50.4 Å². The van der Waals surface area contributed by atoms with Crippen molar-refractivity contribution in [3.8, 4) is 5.75 Å². The van der Waals surface area contributed by atoms with Crippen molar-refractivity contribution in [1.29, 1.82) is 0 Å². The molecule has 2 saturated heterocycles. The zero-order valence-corrected chi connectivity index (χ0v) is 12.7. The number of hydrogen-bond acceptors (Lipinski definition) is 4. The molecule has 0 amide bonds. The summed E-state index contributed by atoms with van der Waals surface area (Å²) in [6.07, 6.45) is 4.01. The van der Waals surface area contributed by atoms with Crippen LogP contribution >= 0.6 is 0 Å². The van der Waals surface area contributed by atoms with E-state index in [2.05, 4.69) is 19.1 Å². The Balaban J connectivity index is 1.60. The molecule has 2 aliphatic rings. The summed E-state index contributed by atoms with van der Waals surface area (Å²) in [6.45, 7) is 4.36.